The van der Waals surface area contributed by atoms with Crippen LogP contribution in [0.5, 0.6) is 0 Å². The number of carbonyl (C=O) groups excluding carboxylic acids is 1. The summed E-state index contributed by atoms with van der Waals surface area (Å²) >= 11 is 1.60. The molecule has 0 unspecified atom stereocenters. The summed E-state index contributed by atoms with van der Waals surface area (Å²) in [5, 5.41) is 1.16. The summed E-state index contributed by atoms with van der Waals surface area (Å²) in [6.45, 7) is 8.26. The molecular weight excluding hydrogens is 326 g/mol. The van der Waals surface area contributed by atoms with E-state index in [-0.39, 0.29) is 11.3 Å². The van der Waals surface area contributed by atoms with Gasteiger partial charge in [-0.25, -0.2) is 0 Å². The van der Waals surface area contributed by atoms with Crippen molar-refractivity contribution < 1.29 is 4.79 Å². The molecule has 2 aromatic carbocycles. The summed E-state index contributed by atoms with van der Waals surface area (Å²) in [6.07, 6.45) is 0.553. The number of ketones is 1. The fourth-order valence-corrected chi connectivity index (χ4v) is 3.96. The normalized spacial score (nSPS) is 12.0. The van der Waals surface area contributed by atoms with E-state index in [1.54, 1.807) is 11.3 Å². The number of thiophene rings is 1. The van der Waals surface area contributed by atoms with Gasteiger partial charge in [0.1, 0.15) is 0 Å². The Morgan fingerprint density at radius 1 is 1.00 bits per heavy atom. The first kappa shape index (κ1) is 17.8. The predicted octanol–water partition coefficient (Wildman–Crippen LogP) is 5.77. The van der Waals surface area contributed by atoms with E-state index in [2.05, 4.69) is 62.1 Å². The average Bonchev–Trinajstić information content (AvgIpc) is 3.02. The lowest BCUT2D eigenvalue weighted by Crippen LogP contribution is -2.41. The highest BCUT2D eigenvalue weighted by molar-refractivity contribution is 7.20. The second-order valence-electron chi connectivity index (χ2n) is 7.40. The number of nitrogens with zero attached hydrogens (tertiary/aromatic N) is 1. The maximum Gasteiger partial charge on any atom is 0.174 e. The van der Waals surface area contributed by atoms with Crippen molar-refractivity contribution in [2.24, 2.45) is 0 Å². The Morgan fingerprint density at radius 3 is 2.36 bits per heavy atom. The molecule has 0 bridgehead atoms. The van der Waals surface area contributed by atoms with Gasteiger partial charge in [0.05, 0.1) is 4.88 Å². The van der Waals surface area contributed by atoms with Gasteiger partial charge in [-0.3, -0.25) is 9.69 Å². The van der Waals surface area contributed by atoms with Gasteiger partial charge >= 0.3 is 0 Å². The first-order chi connectivity index (χ1) is 11.9. The Bertz CT molecular complexity index is 812. The molecule has 0 saturated carbocycles. The fourth-order valence-electron chi connectivity index (χ4n) is 2.93. The smallest absolute Gasteiger partial charge is 0.174 e. The lowest BCUT2D eigenvalue weighted by Gasteiger charge is -2.35. The standard InChI is InChI=1S/C22H25NOS/c1-22(2,3)23(16-17-9-5-4-6-10-17)14-13-19(24)21-15-18-11-7-8-12-20(18)25-21/h4-12,15H,13-14,16H2,1-3H3. The van der Waals surface area contributed by atoms with E-state index < -0.39 is 0 Å². The highest BCUT2D eigenvalue weighted by Crippen LogP contribution is 2.27. The van der Waals surface area contributed by atoms with Crippen molar-refractivity contribution in [1.29, 1.82) is 0 Å². The van der Waals surface area contributed by atoms with Crippen molar-refractivity contribution in [3.8, 4) is 0 Å². The van der Waals surface area contributed by atoms with Gasteiger partial charge in [-0.15, -0.1) is 11.3 Å². The molecule has 130 valence electrons. The molecule has 1 heterocycles. The zero-order valence-corrected chi connectivity index (χ0v) is 16.0. The summed E-state index contributed by atoms with van der Waals surface area (Å²) < 4.78 is 1.18. The zero-order chi connectivity index (χ0) is 17.9. The van der Waals surface area contributed by atoms with Crippen LogP contribution < -0.4 is 0 Å². The van der Waals surface area contributed by atoms with Crippen molar-refractivity contribution in [3.63, 3.8) is 0 Å². The molecule has 1 aromatic heterocycles. The first-order valence-electron chi connectivity index (χ1n) is 8.74. The number of hydrogen-bond donors (Lipinski definition) is 0. The van der Waals surface area contributed by atoms with Crippen molar-refractivity contribution in [2.75, 3.05) is 6.54 Å². The molecule has 0 amide bonds. The molecular formula is C22H25NOS. The van der Waals surface area contributed by atoms with Crippen LogP contribution in [0.4, 0.5) is 0 Å². The summed E-state index contributed by atoms with van der Waals surface area (Å²) in [4.78, 5) is 15.9. The van der Waals surface area contributed by atoms with Crippen LogP contribution in [-0.2, 0) is 6.54 Å². The van der Waals surface area contributed by atoms with E-state index >= 15 is 0 Å². The predicted molar refractivity (Wildman–Crippen MR) is 107 cm³/mol. The lowest BCUT2D eigenvalue weighted by molar-refractivity contribution is 0.0900. The quantitative estimate of drug-likeness (QED) is 0.525. The number of benzene rings is 2. The third kappa shape index (κ3) is 4.56. The Labute approximate surface area is 154 Å². The Hall–Kier alpha value is -1.97. The van der Waals surface area contributed by atoms with E-state index in [1.807, 2.05) is 24.3 Å². The first-order valence-corrected chi connectivity index (χ1v) is 9.56. The van der Waals surface area contributed by atoms with Gasteiger partial charge in [0.25, 0.3) is 0 Å². The van der Waals surface area contributed by atoms with E-state index in [0.717, 1.165) is 23.4 Å². The van der Waals surface area contributed by atoms with Crippen molar-refractivity contribution >= 4 is 27.2 Å². The molecule has 0 aliphatic heterocycles. The number of fused-ring (bicyclic) bond motifs is 1. The Morgan fingerprint density at radius 2 is 1.68 bits per heavy atom. The molecule has 0 saturated heterocycles. The van der Waals surface area contributed by atoms with Crippen LogP contribution in [0.25, 0.3) is 10.1 Å². The van der Waals surface area contributed by atoms with Crippen LogP contribution in [0.3, 0.4) is 0 Å². The second kappa shape index (κ2) is 7.51. The molecule has 0 spiro atoms. The molecule has 0 aliphatic carbocycles. The number of hydrogen-bond acceptors (Lipinski definition) is 3. The SMILES string of the molecule is CC(C)(C)N(CCC(=O)c1cc2ccccc2s1)Cc1ccccc1. The van der Waals surface area contributed by atoms with E-state index in [1.165, 1.54) is 10.3 Å². The van der Waals surface area contributed by atoms with E-state index in [4.69, 9.17) is 0 Å². The van der Waals surface area contributed by atoms with Crippen molar-refractivity contribution in [1.82, 2.24) is 4.90 Å². The fraction of sp³-hybridized carbons (Fsp3) is 0.318. The minimum atomic E-state index is 0.0241. The summed E-state index contributed by atoms with van der Waals surface area (Å²) in [5.74, 6) is 0.239. The van der Waals surface area contributed by atoms with Gasteiger partial charge in [-0.1, -0.05) is 48.5 Å². The van der Waals surface area contributed by atoms with Crippen molar-refractivity contribution in [2.45, 2.75) is 39.3 Å². The molecule has 0 fully saturated rings. The maximum absolute atomic E-state index is 12.7. The number of carbonyl (C=O) groups is 1. The molecule has 3 aromatic rings. The van der Waals surface area contributed by atoms with Gasteiger partial charge in [-0.2, -0.15) is 0 Å². The van der Waals surface area contributed by atoms with E-state index in [9.17, 15) is 4.79 Å². The van der Waals surface area contributed by atoms with Gasteiger partial charge in [0.2, 0.25) is 0 Å². The molecule has 0 radical (unpaired) electrons. The molecule has 25 heavy (non-hydrogen) atoms. The largest absolute Gasteiger partial charge is 0.294 e. The Balaban J connectivity index is 1.68. The Kier molecular flexibility index (Phi) is 5.36. The monoisotopic (exact) mass is 351 g/mol. The molecule has 3 rings (SSSR count). The average molecular weight is 352 g/mol. The number of rotatable bonds is 6. The third-order valence-electron chi connectivity index (χ3n) is 4.47. The third-order valence-corrected chi connectivity index (χ3v) is 5.63. The van der Waals surface area contributed by atoms with Crippen LogP contribution in [0.15, 0.2) is 60.7 Å². The maximum atomic E-state index is 12.7. The van der Waals surface area contributed by atoms with Crippen LogP contribution >= 0.6 is 11.3 Å². The lowest BCUT2D eigenvalue weighted by atomic mass is 10.0. The molecule has 0 atom stereocenters. The van der Waals surface area contributed by atoms with Gasteiger partial charge in [0, 0.05) is 29.7 Å². The summed E-state index contributed by atoms with van der Waals surface area (Å²) in [6, 6.07) is 20.7. The van der Waals surface area contributed by atoms with Crippen LogP contribution in [0.1, 0.15) is 42.4 Å². The minimum Gasteiger partial charge on any atom is -0.294 e. The summed E-state index contributed by atoms with van der Waals surface area (Å²) in [5.41, 5.74) is 1.31. The van der Waals surface area contributed by atoms with Gasteiger partial charge in [-0.05, 0) is 43.9 Å². The second-order valence-corrected chi connectivity index (χ2v) is 8.48. The molecule has 2 nitrogen and oxygen atoms in total. The summed E-state index contributed by atoms with van der Waals surface area (Å²) in [7, 11) is 0. The molecule has 0 N–H and O–H groups in total. The molecule has 3 heteroatoms. The van der Waals surface area contributed by atoms with Gasteiger partial charge < -0.3 is 0 Å². The highest BCUT2D eigenvalue weighted by atomic mass is 32.1. The minimum absolute atomic E-state index is 0.0241. The number of Topliss-reactive ketones (excluding diaryl/α,β-unsaturated/α-hetero) is 1. The van der Waals surface area contributed by atoms with Crippen molar-refractivity contribution in [3.05, 3.63) is 71.1 Å². The topological polar surface area (TPSA) is 20.3 Å². The van der Waals surface area contributed by atoms with Crippen LogP contribution in [-0.4, -0.2) is 22.8 Å². The zero-order valence-electron chi connectivity index (χ0n) is 15.2. The highest BCUT2D eigenvalue weighted by Gasteiger charge is 2.22. The van der Waals surface area contributed by atoms with Crippen LogP contribution in [0.2, 0.25) is 0 Å². The van der Waals surface area contributed by atoms with E-state index in [0.29, 0.717) is 6.42 Å². The van der Waals surface area contributed by atoms with Gasteiger partial charge in [0.15, 0.2) is 5.78 Å². The van der Waals surface area contributed by atoms with Crippen LogP contribution in [0, 0.1) is 0 Å². The molecule has 0 aliphatic rings.